The second-order valence-electron chi connectivity index (χ2n) is 7.82. The number of fused-ring (bicyclic) bond motifs is 2. The fourth-order valence-electron chi connectivity index (χ4n) is 4.83. The number of thioether (sulfide) groups is 1. The van der Waals surface area contributed by atoms with E-state index < -0.39 is 11.7 Å². The van der Waals surface area contributed by atoms with Gasteiger partial charge in [-0.05, 0) is 56.1 Å². The van der Waals surface area contributed by atoms with E-state index in [1.165, 1.54) is 43.5 Å². The number of carbonyl (C=O) groups excluding carboxylic acids is 1. The molecule has 2 bridgehead atoms. The number of halogens is 1. The fraction of sp³-hybridized carbons (Fsp3) is 0.550. The van der Waals surface area contributed by atoms with E-state index in [2.05, 4.69) is 21.7 Å². The molecule has 0 saturated heterocycles. The molecule has 6 nitrogen and oxygen atoms in total. The van der Waals surface area contributed by atoms with Crippen molar-refractivity contribution in [3.8, 4) is 5.75 Å². The third-order valence-electron chi connectivity index (χ3n) is 6.09. The summed E-state index contributed by atoms with van der Waals surface area (Å²) >= 11 is 1.29. The maximum atomic E-state index is 13.9. The Morgan fingerprint density at radius 3 is 2.86 bits per heavy atom. The molecule has 4 rings (SSSR count). The average molecular weight is 405 g/mol. The molecule has 1 aromatic carbocycles. The minimum absolute atomic E-state index is 0.121. The van der Waals surface area contributed by atoms with Gasteiger partial charge >= 0.3 is 0 Å². The number of nitrogens with zero attached hydrogens (tertiary/aromatic N) is 3. The fourth-order valence-corrected chi connectivity index (χ4v) is 5.61. The lowest BCUT2D eigenvalue weighted by molar-refractivity contribution is -0.115. The second kappa shape index (κ2) is 8.11. The molecule has 2 N–H and O–H groups in total. The molecule has 8 heteroatoms. The first-order valence-electron chi connectivity index (χ1n) is 9.75. The molecule has 2 fully saturated rings. The number of benzene rings is 1. The Morgan fingerprint density at radius 1 is 1.36 bits per heavy atom. The first-order valence-corrected chi connectivity index (χ1v) is 10.7. The first-order chi connectivity index (χ1) is 13.5. The van der Waals surface area contributed by atoms with Crippen LogP contribution in [-0.2, 0) is 11.4 Å². The van der Waals surface area contributed by atoms with Crippen LogP contribution in [0.3, 0.4) is 0 Å². The highest BCUT2D eigenvalue weighted by atomic mass is 32.2. The van der Waals surface area contributed by atoms with Gasteiger partial charge < -0.3 is 10.5 Å². The molecule has 1 aromatic heterocycles. The molecule has 2 aromatic rings. The van der Waals surface area contributed by atoms with Gasteiger partial charge in [0.15, 0.2) is 22.5 Å². The van der Waals surface area contributed by atoms with Gasteiger partial charge in [-0.2, -0.15) is 0 Å². The zero-order valence-electron chi connectivity index (χ0n) is 15.9. The first kappa shape index (κ1) is 19.2. The number of para-hydroxylation sites is 1. The lowest BCUT2D eigenvalue weighted by atomic mass is 9.84. The summed E-state index contributed by atoms with van der Waals surface area (Å²) in [6.45, 7) is 2.31. The Kier molecular flexibility index (Phi) is 5.57. The maximum absolute atomic E-state index is 13.9. The molecule has 150 valence electrons. The summed E-state index contributed by atoms with van der Waals surface area (Å²) in [5.41, 5.74) is 5.31. The third-order valence-corrected chi connectivity index (χ3v) is 7.06. The summed E-state index contributed by atoms with van der Waals surface area (Å²) in [4.78, 5) is 11.2. The average Bonchev–Trinajstić information content (AvgIpc) is 3.40. The highest BCUT2D eigenvalue weighted by molar-refractivity contribution is 7.99. The molecular formula is C20H25FN4O2S. The Hall–Kier alpha value is -2.09. The zero-order valence-corrected chi connectivity index (χ0v) is 16.7. The van der Waals surface area contributed by atoms with Crippen molar-refractivity contribution in [2.45, 2.75) is 50.4 Å². The van der Waals surface area contributed by atoms with Crippen molar-refractivity contribution in [1.82, 2.24) is 14.8 Å². The van der Waals surface area contributed by atoms with Crippen LogP contribution in [-0.4, -0.2) is 26.4 Å². The number of primary amides is 1. The smallest absolute Gasteiger partial charge is 0.227 e. The summed E-state index contributed by atoms with van der Waals surface area (Å²) < 4.78 is 21.6. The van der Waals surface area contributed by atoms with E-state index in [1.807, 2.05) is 0 Å². The van der Waals surface area contributed by atoms with Crippen LogP contribution in [0.25, 0.3) is 0 Å². The van der Waals surface area contributed by atoms with Crippen LogP contribution in [0.4, 0.5) is 4.39 Å². The number of ether oxygens (including phenoxy) is 1. The monoisotopic (exact) mass is 404 g/mol. The van der Waals surface area contributed by atoms with Crippen LogP contribution in [0.2, 0.25) is 0 Å². The van der Waals surface area contributed by atoms with Crippen molar-refractivity contribution in [2.24, 2.45) is 23.5 Å². The molecule has 2 aliphatic carbocycles. The Balaban J connectivity index is 1.56. The summed E-state index contributed by atoms with van der Waals surface area (Å²) in [5, 5.41) is 9.23. The van der Waals surface area contributed by atoms with Crippen LogP contribution in [0, 0.1) is 23.6 Å². The van der Waals surface area contributed by atoms with Crippen LogP contribution < -0.4 is 10.5 Å². The van der Waals surface area contributed by atoms with Gasteiger partial charge in [-0.3, -0.25) is 9.36 Å². The topological polar surface area (TPSA) is 83.0 Å². The van der Waals surface area contributed by atoms with Crippen molar-refractivity contribution >= 4 is 17.7 Å². The zero-order chi connectivity index (χ0) is 19.7. The SMILES string of the molecule is C[C@H]([C@@H]1C[C@H]2CC[C@H]1C2)n1c(COc2ccccc2F)nnc1SCC(N)=O. The lowest BCUT2D eigenvalue weighted by Crippen LogP contribution is -2.25. The second-order valence-corrected chi connectivity index (χ2v) is 8.76. The number of rotatable bonds is 8. The number of aromatic nitrogens is 3. The highest BCUT2D eigenvalue weighted by Crippen LogP contribution is 2.52. The van der Waals surface area contributed by atoms with Gasteiger partial charge in [0.25, 0.3) is 0 Å². The molecule has 1 amide bonds. The molecule has 0 radical (unpaired) electrons. The molecular weight excluding hydrogens is 379 g/mol. The van der Waals surface area contributed by atoms with Crippen molar-refractivity contribution < 1.29 is 13.9 Å². The molecule has 0 unspecified atom stereocenters. The largest absolute Gasteiger partial charge is 0.483 e. The van der Waals surface area contributed by atoms with E-state index in [0.717, 1.165) is 11.8 Å². The number of carbonyl (C=O) groups is 1. The van der Waals surface area contributed by atoms with Gasteiger partial charge in [0.2, 0.25) is 5.91 Å². The van der Waals surface area contributed by atoms with Crippen LogP contribution >= 0.6 is 11.8 Å². The molecule has 28 heavy (non-hydrogen) atoms. The summed E-state index contributed by atoms with van der Waals surface area (Å²) in [5.74, 6) is 2.31. The molecule has 0 spiro atoms. The lowest BCUT2D eigenvalue weighted by Gasteiger charge is -2.30. The summed E-state index contributed by atoms with van der Waals surface area (Å²) in [6.07, 6.45) is 5.15. The number of hydrogen-bond donors (Lipinski definition) is 1. The Bertz CT molecular complexity index is 858. The van der Waals surface area contributed by atoms with Crippen molar-refractivity contribution in [3.63, 3.8) is 0 Å². The molecule has 4 atom stereocenters. The van der Waals surface area contributed by atoms with Crippen LogP contribution in [0.1, 0.15) is 44.5 Å². The third kappa shape index (κ3) is 3.87. The van der Waals surface area contributed by atoms with Crippen molar-refractivity contribution in [2.75, 3.05) is 5.75 Å². The minimum atomic E-state index is -0.405. The van der Waals surface area contributed by atoms with Gasteiger partial charge in [0.05, 0.1) is 5.75 Å². The van der Waals surface area contributed by atoms with Crippen LogP contribution in [0.15, 0.2) is 29.4 Å². The highest BCUT2D eigenvalue weighted by Gasteiger charge is 2.43. The number of amides is 1. The van der Waals surface area contributed by atoms with E-state index in [-0.39, 0.29) is 24.2 Å². The predicted octanol–water partition coefficient (Wildman–Crippen LogP) is 3.57. The summed E-state index contributed by atoms with van der Waals surface area (Å²) in [6, 6.07) is 6.51. The van der Waals surface area contributed by atoms with E-state index in [1.54, 1.807) is 18.2 Å². The van der Waals surface area contributed by atoms with E-state index >= 15 is 0 Å². The maximum Gasteiger partial charge on any atom is 0.227 e. The normalized spacial score (nSPS) is 24.4. The van der Waals surface area contributed by atoms with E-state index in [4.69, 9.17) is 10.5 Å². The quantitative estimate of drug-likeness (QED) is 0.680. The van der Waals surface area contributed by atoms with E-state index in [0.29, 0.717) is 16.9 Å². The van der Waals surface area contributed by atoms with Gasteiger partial charge in [0, 0.05) is 6.04 Å². The van der Waals surface area contributed by atoms with Gasteiger partial charge in [0.1, 0.15) is 6.61 Å². The minimum Gasteiger partial charge on any atom is -0.483 e. The standard InChI is InChI=1S/C20H25FN4O2S/c1-12(15-9-13-6-7-14(15)8-13)25-19(23-24-20(25)28-11-18(22)26)10-27-17-5-3-2-4-16(17)21/h2-5,12-15H,6-11H2,1H3,(H2,22,26)/t12-,13+,14+,15+/m1/s1. The number of hydrogen-bond acceptors (Lipinski definition) is 5. The summed E-state index contributed by atoms with van der Waals surface area (Å²) in [7, 11) is 0. The molecule has 2 saturated carbocycles. The van der Waals surface area contributed by atoms with E-state index in [9.17, 15) is 9.18 Å². The Morgan fingerprint density at radius 2 is 2.18 bits per heavy atom. The van der Waals surface area contributed by atoms with Crippen LogP contribution in [0.5, 0.6) is 5.75 Å². The van der Waals surface area contributed by atoms with Gasteiger partial charge in [-0.25, -0.2) is 4.39 Å². The molecule has 1 heterocycles. The number of nitrogens with two attached hydrogens (primary N) is 1. The molecule has 2 aliphatic rings. The van der Waals surface area contributed by atoms with Gasteiger partial charge in [-0.1, -0.05) is 30.3 Å². The van der Waals surface area contributed by atoms with Crippen molar-refractivity contribution in [3.05, 3.63) is 35.9 Å². The van der Waals surface area contributed by atoms with Crippen molar-refractivity contribution in [1.29, 1.82) is 0 Å². The van der Waals surface area contributed by atoms with Gasteiger partial charge in [-0.15, -0.1) is 10.2 Å². The Labute approximate surface area is 168 Å². The molecule has 0 aliphatic heterocycles. The predicted molar refractivity (Wildman–Crippen MR) is 104 cm³/mol.